The van der Waals surface area contributed by atoms with E-state index in [1.165, 1.54) is 25.5 Å². The number of amides is 3. The number of halogens is 2. The van der Waals surface area contributed by atoms with Crippen molar-refractivity contribution in [3.05, 3.63) is 33.8 Å². The molecule has 3 amide bonds. The second-order valence-corrected chi connectivity index (χ2v) is 8.14. The number of aliphatic hydroxyl groups is 1. The third-order valence-corrected chi connectivity index (χ3v) is 5.23. The van der Waals surface area contributed by atoms with Crippen LogP contribution < -0.4 is 16.1 Å². The number of rotatable bonds is 9. The monoisotopic (exact) mass is 447 g/mol. The molecule has 8 nitrogen and oxygen atoms in total. The number of carbonyl (C=O) groups is 3. The van der Waals surface area contributed by atoms with Crippen LogP contribution in [0.1, 0.15) is 32.8 Å². The Hall–Kier alpha value is -1.87. The molecule has 1 aromatic carbocycles. The molecule has 0 spiro atoms. The van der Waals surface area contributed by atoms with Crippen LogP contribution in [0.15, 0.2) is 18.2 Å². The SMILES string of the molecule is CNC(=O)C(Cc1ccc(Cl)cc1Cl)NC(=O)C(O)(CC(C)C)C(C)C(=O)NO. The number of benzene rings is 1. The molecule has 0 saturated carbocycles. The van der Waals surface area contributed by atoms with Gasteiger partial charge in [0.05, 0.1) is 5.92 Å². The summed E-state index contributed by atoms with van der Waals surface area (Å²) in [5.74, 6) is -3.74. The quantitative estimate of drug-likeness (QED) is 0.290. The molecule has 162 valence electrons. The molecule has 0 fully saturated rings. The number of hydrogen-bond donors (Lipinski definition) is 5. The molecule has 0 bridgehead atoms. The highest BCUT2D eigenvalue weighted by Gasteiger charge is 2.46. The molecule has 0 heterocycles. The second kappa shape index (κ2) is 10.8. The average Bonchev–Trinajstić information content (AvgIpc) is 2.66. The molecule has 1 rings (SSSR count). The largest absolute Gasteiger partial charge is 0.379 e. The van der Waals surface area contributed by atoms with Gasteiger partial charge >= 0.3 is 0 Å². The highest BCUT2D eigenvalue weighted by molar-refractivity contribution is 6.35. The Labute approximate surface area is 179 Å². The third-order valence-electron chi connectivity index (χ3n) is 4.64. The zero-order chi connectivity index (χ0) is 22.4. The van der Waals surface area contributed by atoms with Crippen LogP contribution >= 0.6 is 23.2 Å². The Morgan fingerprint density at radius 1 is 1.14 bits per heavy atom. The Morgan fingerprint density at radius 2 is 1.76 bits per heavy atom. The molecule has 10 heteroatoms. The zero-order valence-corrected chi connectivity index (χ0v) is 18.3. The molecule has 1 aromatic rings. The van der Waals surface area contributed by atoms with Crippen LogP contribution in [0.3, 0.4) is 0 Å². The molecule has 0 aliphatic heterocycles. The normalized spacial score (nSPS) is 15.2. The maximum Gasteiger partial charge on any atom is 0.253 e. The molecule has 0 aliphatic carbocycles. The standard InChI is InChI=1S/C19H27Cl2N3O5/c1-10(2)9-19(28,11(3)16(25)24-29)18(27)23-15(17(26)22-4)7-12-5-6-13(20)8-14(12)21/h5-6,8,10-11,15,28-29H,7,9H2,1-4H3,(H,22,26)(H,23,27)(H,24,25). The van der Waals surface area contributed by atoms with Gasteiger partial charge in [0, 0.05) is 23.5 Å². The molecule has 3 unspecified atom stereocenters. The summed E-state index contributed by atoms with van der Waals surface area (Å²) in [6, 6.07) is 3.70. The predicted octanol–water partition coefficient (Wildman–Crippen LogP) is 1.69. The number of hydrogen-bond acceptors (Lipinski definition) is 5. The van der Waals surface area contributed by atoms with E-state index in [0.717, 1.165) is 0 Å². The summed E-state index contributed by atoms with van der Waals surface area (Å²) in [6.07, 6.45) is -0.0185. The van der Waals surface area contributed by atoms with Gasteiger partial charge in [-0.3, -0.25) is 19.6 Å². The van der Waals surface area contributed by atoms with E-state index < -0.39 is 35.3 Å². The van der Waals surface area contributed by atoms with Crippen molar-refractivity contribution in [2.24, 2.45) is 11.8 Å². The first-order valence-electron chi connectivity index (χ1n) is 9.09. The van der Waals surface area contributed by atoms with Crippen LogP contribution in [0, 0.1) is 11.8 Å². The van der Waals surface area contributed by atoms with Gasteiger partial charge in [-0.15, -0.1) is 0 Å². The van der Waals surface area contributed by atoms with E-state index in [1.54, 1.807) is 26.0 Å². The van der Waals surface area contributed by atoms with Crippen molar-refractivity contribution < 1.29 is 24.7 Å². The third kappa shape index (κ3) is 6.57. The molecule has 3 atom stereocenters. The maximum absolute atomic E-state index is 13.0. The van der Waals surface area contributed by atoms with Gasteiger partial charge in [0.15, 0.2) is 5.60 Å². The minimum Gasteiger partial charge on any atom is -0.379 e. The van der Waals surface area contributed by atoms with E-state index >= 15 is 0 Å². The molecule has 29 heavy (non-hydrogen) atoms. The lowest BCUT2D eigenvalue weighted by atomic mass is 9.80. The summed E-state index contributed by atoms with van der Waals surface area (Å²) in [7, 11) is 1.41. The first-order valence-corrected chi connectivity index (χ1v) is 9.84. The van der Waals surface area contributed by atoms with Crippen molar-refractivity contribution in [3.8, 4) is 0 Å². The summed E-state index contributed by atoms with van der Waals surface area (Å²) in [6.45, 7) is 4.86. The van der Waals surface area contributed by atoms with Crippen LogP contribution in [0.25, 0.3) is 0 Å². The summed E-state index contributed by atoms with van der Waals surface area (Å²) >= 11 is 12.1. The Balaban J connectivity index is 3.18. The van der Waals surface area contributed by atoms with E-state index in [4.69, 9.17) is 28.4 Å². The first-order chi connectivity index (χ1) is 13.5. The highest BCUT2D eigenvalue weighted by Crippen LogP contribution is 2.27. The van der Waals surface area contributed by atoms with Gasteiger partial charge in [0.1, 0.15) is 6.04 Å². The van der Waals surface area contributed by atoms with E-state index in [2.05, 4.69) is 10.6 Å². The highest BCUT2D eigenvalue weighted by atomic mass is 35.5. The average molecular weight is 448 g/mol. The lowest BCUT2D eigenvalue weighted by Gasteiger charge is -2.34. The molecular weight excluding hydrogens is 421 g/mol. The number of carbonyl (C=O) groups excluding carboxylic acids is 3. The van der Waals surface area contributed by atoms with Crippen molar-refractivity contribution in [1.29, 1.82) is 0 Å². The lowest BCUT2D eigenvalue weighted by molar-refractivity contribution is -0.159. The molecular formula is C19H27Cl2N3O5. The fourth-order valence-electron chi connectivity index (χ4n) is 2.98. The van der Waals surface area contributed by atoms with Gasteiger partial charge in [0.2, 0.25) is 11.8 Å². The van der Waals surface area contributed by atoms with E-state index in [1.807, 2.05) is 0 Å². The van der Waals surface area contributed by atoms with Crippen LogP contribution in [0.5, 0.6) is 0 Å². The first kappa shape index (κ1) is 25.2. The molecule has 0 aliphatic rings. The van der Waals surface area contributed by atoms with Crippen molar-refractivity contribution in [1.82, 2.24) is 16.1 Å². The van der Waals surface area contributed by atoms with Gasteiger partial charge < -0.3 is 15.7 Å². The Kier molecular flexibility index (Phi) is 9.35. The fourth-order valence-corrected chi connectivity index (χ4v) is 3.46. The topological polar surface area (TPSA) is 128 Å². The summed E-state index contributed by atoms with van der Waals surface area (Å²) in [5.41, 5.74) is -0.124. The summed E-state index contributed by atoms with van der Waals surface area (Å²) < 4.78 is 0. The summed E-state index contributed by atoms with van der Waals surface area (Å²) in [5, 5.41) is 25.6. The lowest BCUT2D eigenvalue weighted by Crippen LogP contribution is -2.60. The van der Waals surface area contributed by atoms with Gasteiger partial charge in [-0.05, 0) is 30.0 Å². The maximum atomic E-state index is 13.0. The number of hydroxylamine groups is 1. The molecule has 0 radical (unpaired) electrons. The molecule has 0 saturated heterocycles. The van der Waals surface area contributed by atoms with Crippen molar-refractivity contribution in [2.45, 2.75) is 45.3 Å². The van der Waals surface area contributed by atoms with Crippen LogP contribution in [-0.2, 0) is 20.8 Å². The predicted molar refractivity (Wildman–Crippen MR) is 110 cm³/mol. The van der Waals surface area contributed by atoms with Crippen LogP contribution in [0.2, 0.25) is 10.0 Å². The van der Waals surface area contributed by atoms with Crippen molar-refractivity contribution >= 4 is 40.9 Å². The van der Waals surface area contributed by atoms with Gasteiger partial charge in [-0.25, -0.2) is 5.48 Å². The Morgan fingerprint density at radius 3 is 2.24 bits per heavy atom. The van der Waals surface area contributed by atoms with Crippen LogP contribution in [0.4, 0.5) is 0 Å². The van der Waals surface area contributed by atoms with E-state index in [0.29, 0.717) is 15.6 Å². The van der Waals surface area contributed by atoms with Crippen molar-refractivity contribution in [3.63, 3.8) is 0 Å². The number of likely N-dealkylation sites (N-methyl/N-ethyl adjacent to an activating group) is 1. The minimum atomic E-state index is -2.14. The fraction of sp³-hybridized carbons (Fsp3) is 0.526. The van der Waals surface area contributed by atoms with Gasteiger partial charge in [0.25, 0.3) is 5.91 Å². The van der Waals surface area contributed by atoms with Crippen molar-refractivity contribution in [2.75, 3.05) is 7.05 Å². The molecule has 5 N–H and O–H groups in total. The Bertz CT molecular complexity index is 759. The minimum absolute atomic E-state index is 0.0414. The molecule has 0 aromatic heterocycles. The second-order valence-electron chi connectivity index (χ2n) is 7.30. The van der Waals surface area contributed by atoms with Crippen LogP contribution in [-0.4, -0.2) is 46.7 Å². The number of nitrogens with one attached hydrogen (secondary N) is 3. The van der Waals surface area contributed by atoms with Gasteiger partial charge in [-0.1, -0.05) is 50.0 Å². The van der Waals surface area contributed by atoms with E-state index in [-0.39, 0.29) is 18.8 Å². The zero-order valence-electron chi connectivity index (χ0n) is 16.8. The summed E-state index contributed by atoms with van der Waals surface area (Å²) in [4.78, 5) is 37.2. The van der Waals surface area contributed by atoms with E-state index in [9.17, 15) is 19.5 Å². The van der Waals surface area contributed by atoms with Gasteiger partial charge in [-0.2, -0.15) is 0 Å². The smallest absolute Gasteiger partial charge is 0.253 e.